The molecule has 0 fully saturated rings. The van der Waals surface area contributed by atoms with Crippen molar-refractivity contribution in [1.82, 2.24) is 4.98 Å². The van der Waals surface area contributed by atoms with E-state index in [1.807, 2.05) is 0 Å². The van der Waals surface area contributed by atoms with Gasteiger partial charge in [0.05, 0.1) is 11.0 Å². The highest BCUT2D eigenvalue weighted by Crippen LogP contribution is 2.26. The van der Waals surface area contributed by atoms with Gasteiger partial charge in [-0.2, -0.15) is 0 Å². The minimum atomic E-state index is -0.678. The molecule has 7 nitrogen and oxygen atoms in total. The van der Waals surface area contributed by atoms with Crippen LogP contribution in [-0.2, 0) is 4.79 Å². The van der Waals surface area contributed by atoms with Crippen LogP contribution in [0, 0.1) is 15.5 Å². The fraction of sp³-hybridized carbons (Fsp3) is 0.400. The fourth-order valence-electron chi connectivity index (χ4n) is 0.934. The summed E-state index contributed by atoms with van der Waals surface area (Å²) >= 11 is 0. The van der Waals surface area contributed by atoms with Crippen LogP contribution in [0.5, 0.6) is 5.75 Å². The molecule has 1 aromatic heterocycles. The lowest BCUT2D eigenvalue weighted by molar-refractivity contribution is -0.385. The number of hydrogen-bond donors (Lipinski definition) is 2. The Balaban J connectivity index is 2.95. The summed E-state index contributed by atoms with van der Waals surface area (Å²) in [6.45, 7) is 5.10. The molecule has 0 atom stereocenters. The molecular formula is C10H13N3O4. The number of nitrogens with one attached hydrogen (secondary N) is 1. The number of hydrogen-bond acceptors (Lipinski definition) is 5. The second-order valence-corrected chi connectivity index (χ2v) is 4.52. The second-order valence-electron chi connectivity index (χ2n) is 4.52. The molecule has 1 rings (SSSR count). The summed E-state index contributed by atoms with van der Waals surface area (Å²) in [5.41, 5.74) is -0.980. The first-order valence-corrected chi connectivity index (χ1v) is 4.86. The molecule has 0 radical (unpaired) electrons. The third-order valence-corrected chi connectivity index (χ3v) is 1.98. The first-order chi connectivity index (χ1) is 7.71. The minimum Gasteiger partial charge on any atom is -0.504 e. The second kappa shape index (κ2) is 4.36. The zero-order valence-corrected chi connectivity index (χ0v) is 9.72. The van der Waals surface area contributed by atoms with Crippen molar-refractivity contribution in [2.45, 2.75) is 20.8 Å². The molecule has 0 aromatic carbocycles. The van der Waals surface area contributed by atoms with E-state index in [9.17, 15) is 20.0 Å². The van der Waals surface area contributed by atoms with E-state index in [0.29, 0.717) is 0 Å². The first-order valence-electron chi connectivity index (χ1n) is 4.86. The molecule has 1 heterocycles. The van der Waals surface area contributed by atoms with Crippen LogP contribution in [0.3, 0.4) is 0 Å². The standard InChI is InChI=1S/C10H13N3O4/c1-10(2,3)9(15)12-8-7(14)4-6(5-11-8)13(16)17/h4-5,14H,1-3H3,(H,11,12,15). The van der Waals surface area contributed by atoms with Crippen LogP contribution in [-0.4, -0.2) is 20.9 Å². The van der Waals surface area contributed by atoms with Crippen LogP contribution in [0.15, 0.2) is 12.3 Å². The van der Waals surface area contributed by atoms with Gasteiger partial charge in [-0.3, -0.25) is 14.9 Å². The molecule has 1 aromatic rings. The molecule has 0 aliphatic carbocycles. The van der Waals surface area contributed by atoms with Crippen LogP contribution in [0.4, 0.5) is 11.5 Å². The molecule has 0 saturated carbocycles. The van der Waals surface area contributed by atoms with Crippen molar-refractivity contribution in [3.8, 4) is 5.75 Å². The van der Waals surface area contributed by atoms with Gasteiger partial charge in [0.25, 0.3) is 5.69 Å². The number of anilines is 1. The van der Waals surface area contributed by atoms with Gasteiger partial charge in [0.1, 0.15) is 6.20 Å². The Morgan fingerprint density at radius 3 is 2.53 bits per heavy atom. The predicted molar refractivity (Wildman–Crippen MR) is 60.6 cm³/mol. The van der Waals surface area contributed by atoms with Crippen LogP contribution in [0.1, 0.15) is 20.8 Å². The topological polar surface area (TPSA) is 105 Å². The molecular weight excluding hydrogens is 226 g/mol. The normalized spacial score (nSPS) is 11.0. The maximum absolute atomic E-state index is 11.6. The van der Waals surface area contributed by atoms with Gasteiger partial charge in [0.15, 0.2) is 11.6 Å². The third kappa shape index (κ3) is 3.13. The lowest BCUT2D eigenvalue weighted by Gasteiger charge is -2.17. The Bertz CT molecular complexity index is 465. The number of nitrogens with zero attached hydrogens (tertiary/aromatic N) is 2. The highest BCUT2D eigenvalue weighted by molar-refractivity contribution is 5.94. The van der Waals surface area contributed by atoms with Crippen molar-refractivity contribution >= 4 is 17.4 Å². The maximum Gasteiger partial charge on any atom is 0.291 e. The minimum absolute atomic E-state index is 0.0875. The van der Waals surface area contributed by atoms with E-state index in [-0.39, 0.29) is 17.4 Å². The largest absolute Gasteiger partial charge is 0.504 e. The van der Waals surface area contributed by atoms with Crippen LogP contribution >= 0.6 is 0 Å². The summed E-state index contributed by atoms with van der Waals surface area (Å²) < 4.78 is 0. The number of amides is 1. The lowest BCUT2D eigenvalue weighted by Crippen LogP contribution is -2.28. The third-order valence-electron chi connectivity index (χ3n) is 1.98. The van der Waals surface area contributed by atoms with E-state index in [1.54, 1.807) is 20.8 Å². The summed E-state index contributed by atoms with van der Waals surface area (Å²) in [6.07, 6.45) is 0.970. The number of nitro groups is 1. The predicted octanol–water partition coefficient (Wildman–Crippen LogP) is 1.68. The number of pyridine rings is 1. The van der Waals surface area contributed by atoms with Crippen LogP contribution in [0.2, 0.25) is 0 Å². The smallest absolute Gasteiger partial charge is 0.291 e. The summed E-state index contributed by atoms with van der Waals surface area (Å²) in [7, 11) is 0. The highest BCUT2D eigenvalue weighted by atomic mass is 16.6. The maximum atomic E-state index is 11.6. The van der Waals surface area contributed by atoms with Gasteiger partial charge in [0.2, 0.25) is 5.91 Å². The van der Waals surface area contributed by atoms with E-state index < -0.39 is 16.1 Å². The Morgan fingerprint density at radius 1 is 1.53 bits per heavy atom. The van der Waals surface area contributed by atoms with Gasteiger partial charge in [-0.05, 0) is 0 Å². The molecule has 0 bridgehead atoms. The zero-order valence-electron chi connectivity index (χ0n) is 9.72. The molecule has 17 heavy (non-hydrogen) atoms. The molecule has 0 aliphatic rings. The summed E-state index contributed by atoms with van der Waals surface area (Å²) in [5.74, 6) is -0.860. The molecule has 0 saturated heterocycles. The Labute approximate surface area is 97.6 Å². The van der Waals surface area contributed by atoms with E-state index in [2.05, 4.69) is 10.3 Å². The molecule has 2 N–H and O–H groups in total. The molecule has 0 unspecified atom stereocenters. The molecule has 92 valence electrons. The van der Waals surface area contributed by atoms with Gasteiger partial charge in [-0.1, -0.05) is 20.8 Å². The fourth-order valence-corrected chi connectivity index (χ4v) is 0.934. The molecule has 0 spiro atoms. The number of aromatic nitrogens is 1. The van der Waals surface area contributed by atoms with Crippen LogP contribution < -0.4 is 5.32 Å². The van der Waals surface area contributed by atoms with Crippen molar-refractivity contribution in [1.29, 1.82) is 0 Å². The monoisotopic (exact) mass is 239 g/mol. The van der Waals surface area contributed by atoms with Gasteiger partial charge < -0.3 is 10.4 Å². The van der Waals surface area contributed by atoms with Crippen molar-refractivity contribution in [3.63, 3.8) is 0 Å². The van der Waals surface area contributed by atoms with Crippen LogP contribution in [0.25, 0.3) is 0 Å². The van der Waals surface area contributed by atoms with E-state index in [0.717, 1.165) is 12.3 Å². The Kier molecular flexibility index (Phi) is 3.31. The van der Waals surface area contributed by atoms with E-state index in [4.69, 9.17) is 0 Å². The lowest BCUT2D eigenvalue weighted by atomic mass is 9.96. The van der Waals surface area contributed by atoms with Crippen molar-refractivity contribution < 1.29 is 14.8 Å². The molecule has 7 heteroatoms. The van der Waals surface area contributed by atoms with Gasteiger partial charge in [0, 0.05) is 5.41 Å². The number of carbonyl (C=O) groups excluding carboxylic acids is 1. The van der Waals surface area contributed by atoms with Crippen molar-refractivity contribution in [2.24, 2.45) is 5.41 Å². The molecule has 0 aliphatic heterocycles. The Hall–Kier alpha value is -2.18. The summed E-state index contributed by atoms with van der Waals surface area (Å²) in [4.78, 5) is 25.0. The summed E-state index contributed by atoms with van der Waals surface area (Å²) in [5, 5.41) is 22.3. The van der Waals surface area contributed by atoms with Gasteiger partial charge >= 0.3 is 0 Å². The van der Waals surface area contributed by atoms with Crippen molar-refractivity contribution in [3.05, 3.63) is 22.4 Å². The molecule has 1 amide bonds. The number of carbonyl (C=O) groups is 1. The van der Waals surface area contributed by atoms with E-state index in [1.165, 1.54) is 0 Å². The van der Waals surface area contributed by atoms with Gasteiger partial charge in [-0.25, -0.2) is 4.98 Å². The highest BCUT2D eigenvalue weighted by Gasteiger charge is 2.23. The van der Waals surface area contributed by atoms with E-state index >= 15 is 0 Å². The van der Waals surface area contributed by atoms with Gasteiger partial charge in [-0.15, -0.1) is 0 Å². The Morgan fingerprint density at radius 2 is 2.12 bits per heavy atom. The average molecular weight is 239 g/mol. The number of aromatic hydroxyl groups is 1. The average Bonchev–Trinajstić information content (AvgIpc) is 2.19. The quantitative estimate of drug-likeness (QED) is 0.603. The SMILES string of the molecule is CC(C)(C)C(=O)Nc1ncc([N+](=O)[O-])cc1O. The number of rotatable bonds is 2. The summed E-state index contributed by atoms with van der Waals surface area (Å²) in [6, 6.07) is 0.936. The first kappa shape index (κ1) is 12.9. The zero-order chi connectivity index (χ0) is 13.2. The van der Waals surface area contributed by atoms with Crippen molar-refractivity contribution in [2.75, 3.05) is 5.32 Å².